The Morgan fingerprint density at radius 2 is 2.14 bits per heavy atom. The molecule has 1 saturated heterocycles. The quantitative estimate of drug-likeness (QED) is 0.760. The summed E-state index contributed by atoms with van der Waals surface area (Å²) in [5.74, 6) is 0.799. The van der Waals surface area contributed by atoms with Crippen LogP contribution in [0.2, 0.25) is 0 Å². The van der Waals surface area contributed by atoms with E-state index in [2.05, 4.69) is 4.90 Å². The number of rotatable bonds is 8. The lowest BCUT2D eigenvalue weighted by molar-refractivity contribution is -0.0109. The maximum atomic E-state index is 10.1. The highest BCUT2D eigenvalue weighted by atomic mass is 16.5. The average Bonchev–Trinajstić information content (AvgIpc) is 2.55. The summed E-state index contributed by atoms with van der Waals surface area (Å²) in [5, 5.41) is 19.5. The summed E-state index contributed by atoms with van der Waals surface area (Å²) in [4.78, 5) is 2.17. The minimum absolute atomic E-state index is 0.161. The van der Waals surface area contributed by atoms with Crippen molar-refractivity contribution in [2.24, 2.45) is 0 Å². The van der Waals surface area contributed by atoms with E-state index in [1.165, 1.54) is 0 Å². The van der Waals surface area contributed by atoms with Crippen LogP contribution in [0.25, 0.3) is 0 Å². The molecule has 1 aromatic carbocycles. The second-order valence-electron chi connectivity index (χ2n) is 5.81. The van der Waals surface area contributed by atoms with Crippen LogP contribution in [0.4, 0.5) is 0 Å². The lowest BCUT2D eigenvalue weighted by Gasteiger charge is -2.35. The Hall–Kier alpha value is -1.14. The van der Waals surface area contributed by atoms with Gasteiger partial charge in [-0.15, -0.1) is 0 Å². The van der Waals surface area contributed by atoms with Crippen LogP contribution in [0, 0.1) is 0 Å². The molecule has 0 spiro atoms. The zero-order chi connectivity index (χ0) is 15.8. The van der Waals surface area contributed by atoms with Crippen LogP contribution in [-0.2, 0) is 11.3 Å². The van der Waals surface area contributed by atoms with Crippen LogP contribution in [0.15, 0.2) is 24.3 Å². The number of hydrogen-bond donors (Lipinski definition) is 2. The van der Waals surface area contributed by atoms with E-state index < -0.39 is 6.10 Å². The van der Waals surface area contributed by atoms with Gasteiger partial charge in [-0.25, -0.2) is 0 Å². The van der Waals surface area contributed by atoms with Crippen molar-refractivity contribution < 1.29 is 19.7 Å². The molecule has 0 saturated carbocycles. The third kappa shape index (κ3) is 4.95. The number of hydrogen-bond acceptors (Lipinski definition) is 5. The number of methoxy groups -OCH3 is 1. The number of nitrogens with zero attached hydrogens (tertiary/aromatic N) is 1. The molecule has 1 fully saturated rings. The van der Waals surface area contributed by atoms with Crippen molar-refractivity contribution >= 4 is 0 Å². The molecule has 2 N–H and O–H groups in total. The van der Waals surface area contributed by atoms with Crippen molar-refractivity contribution in [3.63, 3.8) is 0 Å². The summed E-state index contributed by atoms with van der Waals surface area (Å²) in [6.45, 7) is 2.36. The molecule has 124 valence electrons. The molecule has 0 amide bonds. The van der Waals surface area contributed by atoms with Gasteiger partial charge in [0, 0.05) is 18.2 Å². The highest BCUT2D eigenvalue weighted by Crippen LogP contribution is 2.19. The van der Waals surface area contributed by atoms with E-state index in [0.717, 1.165) is 37.1 Å². The molecule has 5 nitrogen and oxygen atoms in total. The Morgan fingerprint density at radius 1 is 1.32 bits per heavy atom. The van der Waals surface area contributed by atoms with E-state index in [-0.39, 0.29) is 19.3 Å². The van der Waals surface area contributed by atoms with Gasteiger partial charge in [0.15, 0.2) is 0 Å². The smallest absolute Gasteiger partial charge is 0.124 e. The van der Waals surface area contributed by atoms with Crippen LogP contribution in [-0.4, -0.2) is 60.7 Å². The molecule has 2 rings (SSSR count). The Morgan fingerprint density at radius 3 is 2.91 bits per heavy atom. The molecule has 0 aromatic heterocycles. The van der Waals surface area contributed by atoms with Gasteiger partial charge in [0.05, 0.1) is 33.0 Å². The van der Waals surface area contributed by atoms with Crippen LogP contribution >= 0.6 is 0 Å². The first-order chi connectivity index (χ1) is 10.7. The number of aliphatic hydroxyl groups excluding tert-OH is 2. The summed E-state index contributed by atoms with van der Waals surface area (Å²) in [7, 11) is 1.64. The van der Waals surface area contributed by atoms with Gasteiger partial charge in [-0.3, -0.25) is 4.90 Å². The van der Waals surface area contributed by atoms with Gasteiger partial charge in [0.2, 0.25) is 0 Å². The number of ether oxygens (including phenoxy) is 2. The Kier molecular flexibility index (Phi) is 7.12. The molecule has 0 radical (unpaired) electrons. The molecule has 1 aliphatic heterocycles. The van der Waals surface area contributed by atoms with E-state index in [4.69, 9.17) is 9.47 Å². The minimum Gasteiger partial charge on any atom is -0.496 e. The zero-order valence-electron chi connectivity index (χ0n) is 13.3. The Balaban J connectivity index is 1.74. The van der Waals surface area contributed by atoms with Crippen LogP contribution in [0.5, 0.6) is 5.75 Å². The molecule has 1 heterocycles. The van der Waals surface area contributed by atoms with Crippen LogP contribution < -0.4 is 4.74 Å². The number of aliphatic hydroxyl groups is 2. The van der Waals surface area contributed by atoms with E-state index in [1.54, 1.807) is 7.11 Å². The molecule has 0 aliphatic carbocycles. The maximum absolute atomic E-state index is 10.1. The number of para-hydroxylation sites is 1. The summed E-state index contributed by atoms with van der Waals surface area (Å²) in [5.41, 5.74) is 0.975. The normalized spacial score (nSPS) is 20.8. The van der Waals surface area contributed by atoms with E-state index >= 15 is 0 Å². The SMILES string of the molecule is COc1ccccc1COC[C@@H](O)CN1CCCC[C@H]1CO. The number of benzene rings is 1. The highest BCUT2D eigenvalue weighted by molar-refractivity contribution is 5.32. The van der Waals surface area contributed by atoms with Crippen LogP contribution in [0.1, 0.15) is 24.8 Å². The summed E-state index contributed by atoms with van der Waals surface area (Å²) >= 11 is 0. The molecular weight excluding hydrogens is 282 g/mol. The monoisotopic (exact) mass is 309 g/mol. The number of β-amino-alcohol motifs (C(OH)–C–C–N with tert-alkyl or cyclic N) is 1. The molecule has 5 heteroatoms. The van der Waals surface area contributed by atoms with Crippen LogP contribution in [0.3, 0.4) is 0 Å². The van der Waals surface area contributed by atoms with Crippen molar-refractivity contribution in [2.45, 2.75) is 38.0 Å². The van der Waals surface area contributed by atoms with Gasteiger partial charge >= 0.3 is 0 Å². The summed E-state index contributed by atoms with van der Waals surface area (Å²) < 4.78 is 10.9. The van der Waals surface area contributed by atoms with Gasteiger partial charge in [-0.1, -0.05) is 24.6 Å². The third-order valence-electron chi connectivity index (χ3n) is 4.17. The third-order valence-corrected chi connectivity index (χ3v) is 4.17. The second-order valence-corrected chi connectivity index (χ2v) is 5.81. The Labute approximate surface area is 132 Å². The predicted molar refractivity (Wildman–Crippen MR) is 85.0 cm³/mol. The van der Waals surface area contributed by atoms with Gasteiger partial charge in [-0.05, 0) is 25.5 Å². The van der Waals surface area contributed by atoms with Gasteiger partial charge in [0.1, 0.15) is 5.75 Å². The fraction of sp³-hybridized carbons (Fsp3) is 0.647. The van der Waals surface area contributed by atoms with E-state index in [0.29, 0.717) is 13.2 Å². The molecule has 1 aromatic rings. The molecule has 2 atom stereocenters. The number of piperidine rings is 1. The largest absolute Gasteiger partial charge is 0.496 e. The highest BCUT2D eigenvalue weighted by Gasteiger charge is 2.23. The first-order valence-electron chi connectivity index (χ1n) is 7.97. The van der Waals surface area contributed by atoms with Crippen molar-refractivity contribution in [3.8, 4) is 5.75 Å². The first kappa shape index (κ1) is 17.2. The van der Waals surface area contributed by atoms with Crippen molar-refractivity contribution in [2.75, 3.05) is 33.4 Å². The first-order valence-corrected chi connectivity index (χ1v) is 7.97. The zero-order valence-corrected chi connectivity index (χ0v) is 13.3. The molecular formula is C17H27NO4. The topological polar surface area (TPSA) is 62.2 Å². The molecule has 1 aliphatic rings. The average molecular weight is 309 g/mol. The summed E-state index contributed by atoms with van der Waals surface area (Å²) in [6, 6.07) is 7.89. The molecule has 0 bridgehead atoms. The van der Waals surface area contributed by atoms with E-state index in [9.17, 15) is 10.2 Å². The van der Waals surface area contributed by atoms with Gasteiger partial charge < -0.3 is 19.7 Å². The predicted octanol–water partition coefficient (Wildman–Crippen LogP) is 1.42. The standard InChI is InChI=1S/C17H27NO4/c1-21-17-8-3-2-6-14(17)12-22-13-16(20)10-18-9-5-4-7-15(18)11-19/h2-3,6,8,15-16,19-20H,4-5,7,9-13H2,1H3/t15-,16-/m0/s1. The van der Waals surface area contributed by atoms with Crippen molar-refractivity contribution in [1.29, 1.82) is 0 Å². The lowest BCUT2D eigenvalue weighted by atomic mass is 10.0. The fourth-order valence-corrected chi connectivity index (χ4v) is 2.96. The summed E-state index contributed by atoms with van der Waals surface area (Å²) in [6.07, 6.45) is 2.75. The molecule has 22 heavy (non-hydrogen) atoms. The second kappa shape index (κ2) is 9.10. The Bertz CT molecular complexity index is 440. The van der Waals surface area contributed by atoms with Gasteiger partial charge in [0.25, 0.3) is 0 Å². The van der Waals surface area contributed by atoms with Crippen molar-refractivity contribution in [1.82, 2.24) is 4.90 Å². The fourth-order valence-electron chi connectivity index (χ4n) is 2.96. The van der Waals surface area contributed by atoms with E-state index in [1.807, 2.05) is 24.3 Å². The van der Waals surface area contributed by atoms with Crippen molar-refractivity contribution in [3.05, 3.63) is 29.8 Å². The lowest BCUT2D eigenvalue weighted by Crippen LogP contribution is -2.46. The maximum Gasteiger partial charge on any atom is 0.124 e. The number of likely N-dealkylation sites (tertiary alicyclic amines) is 1. The minimum atomic E-state index is -0.540. The van der Waals surface area contributed by atoms with Gasteiger partial charge in [-0.2, -0.15) is 0 Å². The molecule has 0 unspecified atom stereocenters.